The molecule has 0 aromatic rings. The van der Waals surface area contributed by atoms with Crippen molar-refractivity contribution in [2.45, 2.75) is 57.7 Å². The molecule has 0 aromatic carbocycles. The van der Waals surface area contributed by atoms with Crippen LogP contribution in [0.25, 0.3) is 0 Å². The molecule has 0 aliphatic carbocycles. The van der Waals surface area contributed by atoms with Crippen molar-refractivity contribution in [3.8, 4) is 6.07 Å². The SMILES string of the molecule is C[C@@H](NC(=O)OC(C)(C)C)C(=O)N1CC(F)(F)C[C@H]1C#N. The standard InChI is InChI=1S/C13H19F2N3O3/c1-8(17-11(20)21-12(2,3)4)10(19)18-7-13(14,15)5-9(18)6-16/h8-9H,5,7H2,1-4H3,(H,17,20)/t8-,9+/m1/s1. The van der Waals surface area contributed by atoms with Crippen LogP contribution in [0.4, 0.5) is 13.6 Å². The van der Waals surface area contributed by atoms with Crippen molar-refractivity contribution < 1.29 is 23.1 Å². The summed E-state index contributed by atoms with van der Waals surface area (Å²) in [6, 6.07) is -0.558. The second kappa shape index (κ2) is 5.84. The number of carbonyl (C=O) groups is 2. The van der Waals surface area contributed by atoms with Crippen LogP contribution >= 0.6 is 0 Å². The third-order valence-electron chi connectivity index (χ3n) is 2.81. The van der Waals surface area contributed by atoms with Gasteiger partial charge in [0.2, 0.25) is 5.91 Å². The minimum atomic E-state index is -3.08. The van der Waals surface area contributed by atoms with Gasteiger partial charge < -0.3 is 15.0 Å². The Hall–Kier alpha value is -1.91. The number of nitriles is 1. The Kier molecular flexibility index (Phi) is 4.76. The van der Waals surface area contributed by atoms with Crippen molar-refractivity contribution in [2.24, 2.45) is 0 Å². The molecule has 0 unspecified atom stereocenters. The van der Waals surface area contributed by atoms with Gasteiger partial charge >= 0.3 is 6.09 Å². The second-order valence-corrected chi connectivity index (χ2v) is 6.04. The van der Waals surface area contributed by atoms with Gasteiger partial charge in [-0.15, -0.1) is 0 Å². The highest BCUT2D eigenvalue weighted by molar-refractivity contribution is 5.86. The van der Waals surface area contributed by atoms with Crippen LogP contribution in [0, 0.1) is 11.3 Å². The number of halogens is 2. The van der Waals surface area contributed by atoms with Crippen molar-refractivity contribution in [3.63, 3.8) is 0 Å². The minimum Gasteiger partial charge on any atom is -0.444 e. The normalized spacial score (nSPS) is 22.3. The molecule has 0 spiro atoms. The van der Waals surface area contributed by atoms with Gasteiger partial charge in [-0.1, -0.05) is 0 Å². The maximum absolute atomic E-state index is 13.3. The lowest BCUT2D eigenvalue weighted by Gasteiger charge is -2.25. The summed E-state index contributed by atoms with van der Waals surface area (Å²) in [7, 11) is 0. The van der Waals surface area contributed by atoms with Crippen molar-refractivity contribution in [3.05, 3.63) is 0 Å². The third kappa shape index (κ3) is 4.85. The van der Waals surface area contributed by atoms with Gasteiger partial charge in [0.05, 0.1) is 12.6 Å². The number of nitrogens with one attached hydrogen (secondary N) is 1. The quantitative estimate of drug-likeness (QED) is 0.841. The average molecular weight is 303 g/mol. The first-order valence-electron chi connectivity index (χ1n) is 6.52. The van der Waals surface area contributed by atoms with Gasteiger partial charge in [0.15, 0.2) is 0 Å². The van der Waals surface area contributed by atoms with Crippen LogP contribution in [0.5, 0.6) is 0 Å². The smallest absolute Gasteiger partial charge is 0.408 e. The Balaban J connectivity index is 2.67. The van der Waals surface area contributed by atoms with Crippen molar-refractivity contribution in [1.82, 2.24) is 10.2 Å². The lowest BCUT2D eigenvalue weighted by molar-refractivity contribution is -0.134. The van der Waals surface area contributed by atoms with Gasteiger partial charge in [0.1, 0.15) is 17.7 Å². The second-order valence-electron chi connectivity index (χ2n) is 6.04. The summed E-state index contributed by atoms with van der Waals surface area (Å²) in [4.78, 5) is 24.4. The predicted octanol–water partition coefficient (Wildman–Crippen LogP) is 1.66. The van der Waals surface area contributed by atoms with E-state index in [4.69, 9.17) is 10.00 Å². The number of rotatable bonds is 2. The molecule has 1 fully saturated rings. The van der Waals surface area contributed by atoms with Gasteiger partial charge in [-0.25, -0.2) is 13.6 Å². The third-order valence-corrected chi connectivity index (χ3v) is 2.81. The van der Waals surface area contributed by atoms with Gasteiger partial charge in [-0.05, 0) is 27.7 Å². The van der Waals surface area contributed by atoms with Crippen LogP contribution in [0.1, 0.15) is 34.1 Å². The number of amides is 2. The van der Waals surface area contributed by atoms with Crippen molar-refractivity contribution in [1.29, 1.82) is 5.26 Å². The van der Waals surface area contributed by atoms with Crippen LogP contribution in [-0.2, 0) is 9.53 Å². The molecule has 2 amide bonds. The predicted molar refractivity (Wildman–Crippen MR) is 69.5 cm³/mol. The van der Waals surface area contributed by atoms with E-state index in [0.717, 1.165) is 4.90 Å². The summed E-state index contributed by atoms with van der Waals surface area (Å²) in [5.41, 5.74) is -0.733. The highest BCUT2D eigenvalue weighted by Crippen LogP contribution is 2.32. The monoisotopic (exact) mass is 303 g/mol. The molecule has 1 N–H and O–H groups in total. The van der Waals surface area contributed by atoms with Crippen LogP contribution in [-0.4, -0.2) is 47.1 Å². The molecule has 1 aliphatic heterocycles. The van der Waals surface area contributed by atoms with E-state index in [2.05, 4.69) is 5.32 Å². The molecule has 21 heavy (non-hydrogen) atoms. The molecule has 1 aliphatic rings. The van der Waals surface area contributed by atoms with Crippen LogP contribution in [0.3, 0.4) is 0 Å². The fourth-order valence-corrected chi connectivity index (χ4v) is 1.96. The number of likely N-dealkylation sites (tertiary alicyclic amines) is 1. The topological polar surface area (TPSA) is 82.4 Å². The van der Waals surface area contributed by atoms with E-state index >= 15 is 0 Å². The maximum atomic E-state index is 13.3. The lowest BCUT2D eigenvalue weighted by atomic mass is 10.2. The number of hydrogen-bond donors (Lipinski definition) is 1. The molecule has 2 atom stereocenters. The molecular formula is C13H19F2N3O3. The number of hydrogen-bond acceptors (Lipinski definition) is 4. The van der Waals surface area contributed by atoms with Gasteiger partial charge in [-0.3, -0.25) is 4.79 Å². The van der Waals surface area contributed by atoms with Crippen molar-refractivity contribution >= 4 is 12.0 Å². The first kappa shape index (κ1) is 17.1. The highest BCUT2D eigenvalue weighted by atomic mass is 19.3. The van der Waals surface area contributed by atoms with E-state index in [0.29, 0.717) is 0 Å². The molecule has 1 rings (SSSR count). The summed E-state index contributed by atoms with van der Waals surface area (Å²) in [5.74, 6) is -3.81. The van der Waals surface area contributed by atoms with Gasteiger partial charge in [0, 0.05) is 6.42 Å². The fourth-order valence-electron chi connectivity index (χ4n) is 1.96. The molecule has 1 saturated heterocycles. The van der Waals surface area contributed by atoms with E-state index in [1.54, 1.807) is 26.8 Å². The minimum absolute atomic E-state index is 0.686. The Morgan fingerprint density at radius 2 is 2.05 bits per heavy atom. The summed E-state index contributed by atoms with van der Waals surface area (Å²) >= 11 is 0. The largest absolute Gasteiger partial charge is 0.444 e. The Morgan fingerprint density at radius 1 is 1.48 bits per heavy atom. The zero-order valence-electron chi connectivity index (χ0n) is 12.4. The summed E-state index contributed by atoms with van der Waals surface area (Å²) in [6.45, 7) is 5.52. The summed E-state index contributed by atoms with van der Waals surface area (Å²) in [5, 5.41) is 11.1. The Morgan fingerprint density at radius 3 is 2.52 bits per heavy atom. The molecular weight excluding hydrogens is 284 g/mol. The molecule has 0 bridgehead atoms. The first-order chi connectivity index (χ1) is 9.45. The van der Waals surface area contributed by atoms with Gasteiger partial charge in [-0.2, -0.15) is 5.26 Å². The zero-order valence-corrected chi connectivity index (χ0v) is 12.4. The summed E-state index contributed by atoms with van der Waals surface area (Å²) in [6.07, 6.45) is -1.50. The number of nitrogens with zero attached hydrogens (tertiary/aromatic N) is 2. The fraction of sp³-hybridized carbons (Fsp3) is 0.769. The lowest BCUT2D eigenvalue weighted by Crippen LogP contribution is -2.49. The van der Waals surface area contributed by atoms with Crippen LogP contribution in [0.2, 0.25) is 0 Å². The van der Waals surface area contributed by atoms with E-state index in [-0.39, 0.29) is 0 Å². The molecule has 0 aromatic heterocycles. The Labute approximate surface area is 122 Å². The van der Waals surface area contributed by atoms with E-state index in [9.17, 15) is 18.4 Å². The number of alkyl halides is 2. The molecule has 8 heteroatoms. The molecule has 0 radical (unpaired) electrons. The Bertz CT molecular complexity index is 468. The van der Waals surface area contributed by atoms with Crippen LogP contribution in [0.15, 0.2) is 0 Å². The molecule has 118 valence electrons. The van der Waals surface area contributed by atoms with Crippen LogP contribution < -0.4 is 5.32 Å². The van der Waals surface area contributed by atoms with E-state index < -0.39 is 48.6 Å². The maximum Gasteiger partial charge on any atom is 0.408 e. The highest BCUT2D eigenvalue weighted by Gasteiger charge is 2.48. The summed E-state index contributed by atoms with van der Waals surface area (Å²) < 4.78 is 31.5. The average Bonchev–Trinajstić information content (AvgIpc) is 2.60. The molecule has 0 saturated carbocycles. The number of alkyl carbamates (subject to hydrolysis) is 1. The zero-order chi connectivity index (χ0) is 16.4. The van der Waals surface area contributed by atoms with E-state index in [1.807, 2.05) is 0 Å². The number of ether oxygens (including phenoxy) is 1. The molecule has 6 nitrogen and oxygen atoms in total. The number of carbonyl (C=O) groups excluding carboxylic acids is 2. The first-order valence-corrected chi connectivity index (χ1v) is 6.52. The van der Waals surface area contributed by atoms with Crippen molar-refractivity contribution in [2.75, 3.05) is 6.54 Å². The van der Waals surface area contributed by atoms with E-state index in [1.165, 1.54) is 6.92 Å². The van der Waals surface area contributed by atoms with Gasteiger partial charge in [0.25, 0.3) is 5.92 Å². The molecule has 1 heterocycles.